The number of aliphatic carboxylic acids is 1. The second kappa shape index (κ2) is 6.39. The molecule has 0 aromatic heterocycles. The smallest absolute Gasteiger partial charge is 0.331 e. The second-order valence-electron chi connectivity index (χ2n) is 4.30. The maximum atomic E-state index is 11.6. The molecular formula is C12H20N2O3. The topological polar surface area (TPSA) is 78.4 Å². The molecule has 1 fully saturated rings. The van der Waals surface area contributed by atoms with E-state index in [0.717, 1.165) is 12.8 Å². The van der Waals surface area contributed by atoms with Crippen LogP contribution in [0.2, 0.25) is 0 Å². The molecule has 0 bridgehead atoms. The SMILES string of the molecule is CCC(=CCNC(C)C(=O)NC1CC1)C(=O)O. The molecule has 1 amide bonds. The van der Waals surface area contributed by atoms with E-state index >= 15 is 0 Å². The molecule has 0 radical (unpaired) electrons. The van der Waals surface area contributed by atoms with Gasteiger partial charge in [0.25, 0.3) is 0 Å². The van der Waals surface area contributed by atoms with Gasteiger partial charge in [0.1, 0.15) is 0 Å². The van der Waals surface area contributed by atoms with Crippen molar-refractivity contribution in [1.82, 2.24) is 10.6 Å². The lowest BCUT2D eigenvalue weighted by atomic mass is 10.2. The van der Waals surface area contributed by atoms with Gasteiger partial charge in [-0.15, -0.1) is 0 Å². The molecule has 0 saturated heterocycles. The number of carboxylic acid groups (broad SMARTS) is 1. The fourth-order valence-corrected chi connectivity index (χ4v) is 1.39. The van der Waals surface area contributed by atoms with Crippen LogP contribution in [0.3, 0.4) is 0 Å². The van der Waals surface area contributed by atoms with Gasteiger partial charge in [-0.05, 0) is 26.2 Å². The van der Waals surface area contributed by atoms with Gasteiger partial charge in [-0.1, -0.05) is 13.0 Å². The Kier molecular flexibility index (Phi) is 5.15. The Labute approximate surface area is 101 Å². The van der Waals surface area contributed by atoms with Crippen molar-refractivity contribution in [3.63, 3.8) is 0 Å². The summed E-state index contributed by atoms with van der Waals surface area (Å²) >= 11 is 0. The van der Waals surface area contributed by atoms with Crippen LogP contribution in [0.25, 0.3) is 0 Å². The van der Waals surface area contributed by atoms with Crippen LogP contribution in [-0.4, -0.2) is 35.6 Å². The first-order valence-corrected chi connectivity index (χ1v) is 6.00. The monoisotopic (exact) mass is 240 g/mol. The lowest BCUT2D eigenvalue weighted by molar-refractivity contribution is -0.132. The first-order valence-electron chi connectivity index (χ1n) is 6.00. The summed E-state index contributed by atoms with van der Waals surface area (Å²) in [6, 6.07) is 0.0614. The van der Waals surface area contributed by atoms with Gasteiger partial charge in [-0.3, -0.25) is 4.79 Å². The number of rotatable bonds is 7. The molecule has 0 spiro atoms. The zero-order valence-electron chi connectivity index (χ0n) is 10.3. The minimum Gasteiger partial charge on any atom is -0.478 e. The van der Waals surface area contributed by atoms with Crippen LogP contribution in [0.15, 0.2) is 11.6 Å². The van der Waals surface area contributed by atoms with Gasteiger partial charge in [0.15, 0.2) is 0 Å². The molecular weight excluding hydrogens is 220 g/mol. The average molecular weight is 240 g/mol. The lowest BCUT2D eigenvalue weighted by Gasteiger charge is -2.12. The molecule has 1 rings (SSSR count). The van der Waals surface area contributed by atoms with Gasteiger partial charge in [0.2, 0.25) is 5.91 Å². The Morgan fingerprint density at radius 2 is 2.12 bits per heavy atom. The van der Waals surface area contributed by atoms with Crippen molar-refractivity contribution in [1.29, 1.82) is 0 Å². The van der Waals surface area contributed by atoms with E-state index in [1.54, 1.807) is 19.9 Å². The zero-order chi connectivity index (χ0) is 12.8. The van der Waals surface area contributed by atoms with Crippen molar-refractivity contribution in [2.45, 2.75) is 45.2 Å². The van der Waals surface area contributed by atoms with Crippen molar-refractivity contribution in [3.05, 3.63) is 11.6 Å². The van der Waals surface area contributed by atoms with E-state index in [9.17, 15) is 9.59 Å². The van der Waals surface area contributed by atoms with Gasteiger partial charge in [-0.2, -0.15) is 0 Å². The minimum absolute atomic E-state index is 0.0192. The summed E-state index contributed by atoms with van der Waals surface area (Å²) < 4.78 is 0. The maximum Gasteiger partial charge on any atom is 0.331 e. The van der Waals surface area contributed by atoms with E-state index in [1.165, 1.54) is 0 Å². The highest BCUT2D eigenvalue weighted by molar-refractivity contribution is 5.86. The Balaban J connectivity index is 2.28. The van der Waals surface area contributed by atoms with Crippen LogP contribution in [0.1, 0.15) is 33.1 Å². The van der Waals surface area contributed by atoms with E-state index in [1.807, 2.05) is 0 Å². The van der Waals surface area contributed by atoms with Crippen molar-refractivity contribution < 1.29 is 14.7 Å². The molecule has 17 heavy (non-hydrogen) atoms. The molecule has 3 N–H and O–H groups in total. The molecule has 5 nitrogen and oxygen atoms in total. The van der Waals surface area contributed by atoms with E-state index in [-0.39, 0.29) is 11.9 Å². The molecule has 0 heterocycles. The Morgan fingerprint density at radius 3 is 2.59 bits per heavy atom. The molecule has 0 aliphatic heterocycles. The van der Waals surface area contributed by atoms with Crippen molar-refractivity contribution in [3.8, 4) is 0 Å². The predicted octanol–water partition coefficient (Wildman–Crippen LogP) is 0.664. The molecule has 96 valence electrons. The molecule has 1 atom stereocenters. The first kappa shape index (κ1) is 13.7. The minimum atomic E-state index is -0.899. The van der Waals surface area contributed by atoms with Crippen molar-refractivity contribution in [2.75, 3.05) is 6.54 Å². The number of carbonyl (C=O) groups is 2. The highest BCUT2D eigenvalue weighted by Gasteiger charge is 2.25. The van der Waals surface area contributed by atoms with E-state index < -0.39 is 5.97 Å². The summed E-state index contributed by atoms with van der Waals surface area (Å²) in [6.07, 6.45) is 4.23. The Bertz CT molecular complexity index is 322. The third kappa shape index (κ3) is 4.99. The third-order valence-corrected chi connectivity index (χ3v) is 2.75. The molecule has 5 heteroatoms. The van der Waals surface area contributed by atoms with Gasteiger partial charge in [-0.25, -0.2) is 4.79 Å². The van der Waals surface area contributed by atoms with Crippen LogP contribution >= 0.6 is 0 Å². The van der Waals surface area contributed by atoms with Gasteiger partial charge >= 0.3 is 5.97 Å². The van der Waals surface area contributed by atoms with Gasteiger partial charge < -0.3 is 15.7 Å². The van der Waals surface area contributed by atoms with Crippen LogP contribution in [0, 0.1) is 0 Å². The normalized spacial score (nSPS) is 17.6. The summed E-state index contributed by atoms with van der Waals surface area (Å²) in [7, 11) is 0. The van der Waals surface area contributed by atoms with Crippen LogP contribution in [0.5, 0.6) is 0 Å². The van der Waals surface area contributed by atoms with E-state index in [2.05, 4.69) is 10.6 Å². The van der Waals surface area contributed by atoms with E-state index in [0.29, 0.717) is 24.6 Å². The summed E-state index contributed by atoms with van der Waals surface area (Å²) in [6.45, 7) is 3.97. The second-order valence-corrected chi connectivity index (χ2v) is 4.30. The molecule has 1 aliphatic rings. The molecule has 1 aliphatic carbocycles. The largest absolute Gasteiger partial charge is 0.478 e. The maximum absolute atomic E-state index is 11.6. The summed E-state index contributed by atoms with van der Waals surface area (Å²) in [5.74, 6) is -0.918. The van der Waals surface area contributed by atoms with Crippen LogP contribution < -0.4 is 10.6 Å². The number of amides is 1. The van der Waals surface area contributed by atoms with Crippen molar-refractivity contribution >= 4 is 11.9 Å². The fourth-order valence-electron chi connectivity index (χ4n) is 1.39. The first-order chi connectivity index (χ1) is 8.04. The molecule has 1 saturated carbocycles. The van der Waals surface area contributed by atoms with E-state index in [4.69, 9.17) is 5.11 Å². The van der Waals surface area contributed by atoms with Gasteiger partial charge in [0, 0.05) is 18.2 Å². The highest BCUT2D eigenvalue weighted by Crippen LogP contribution is 2.18. The summed E-state index contributed by atoms with van der Waals surface area (Å²) in [5, 5.41) is 14.7. The number of carboxylic acids is 1. The van der Waals surface area contributed by atoms with Crippen molar-refractivity contribution in [2.24, 2.45) is 0 Å². The quantitative estimate of drug-likeness (QED) is 0.571. The molecule has 0 aromatic carbocycles. The van der Waals surface area contributed by atoms with Crippen LogP contribution in [-0.2, 0) is 9.59 Å². The predicted molar refractivity (Wildman–Crippen MR) is 64.6 cm³/mol. The molecule has 1 unspecified atom stereocenters. The zero-order valence-corrected chi connectivity index (χ0v) is 10.3. The average Bonchev–Trinajstić information content (AvgIpc) is 3.07. The molecule has 0 aromatic rings. The summed E-state index contributed by atoms with van der Waals surface area (Å²) in [5.41, 5.74) is 0.368. The lowest BCUT2D eigenvalue weighted by Crippen LogP contribution is -2.43. The fraction of sp³-hybridized carbons (Fsp3) is 0.667. The highest BCUT2D eigenvalue weighted by atomic mass is 16.4. The Morgan fingerprint density at radius 1 is 1.47 bits per heavy atom. The third-order valence-electron chi connectivity index (χ3n) is 2.75. The number of hydrogen-bond donors (Lipinski definition) is 3. The summed E-state index contributed by atoms with van der Waals surface area (Å²) in [4.78, 5) is 22.3. The van der Waals surface area contributed by atoms with Gasteiger partial charge in [0.05, 0.1) is 6.04 Å². The van der Waals surface area contributed by atoms with Crippen LogP contribution in [0.4, 0.5) is 0 Å². The Hall–Kier alpha value is -1.36. The standard InChI is InChI=1S/C12H20N2O3/c1-3-9(12(16)17)6-7-13-8(2)11(15)14-10-4-5-10/h6,8,10,13H,3-5,7H2,1-2H3,(H,14,15)(H,16,17). The number of hydrogen-bond acceptors (Lipinski definition) is 3. The number of carbonyl (C=O) groups excluding carboxylic acids is 1. The number of nitrogens with one attached hydrogen (secondary N) is 2.